The van der Waals surface area contributed by atoms with E-state index in [1.165, 1.54) is 20.3 Å². The van der Waals surface area contributed by atoms with Gasteiger partial charge in [0.05, 0.1) is 19.8 Å². The first-order valence-corrected chi connectivity index (χ1v) is 11.9. The van der Waals surface area contributed by atoms with Gasteiger partial charge < -0.3 is 30.0 Å². The first-order valence-electron chi connectivity index (χ1n) is 11.9. The summed E-state index contributed by atoms with van der Waals surface area (Å²) in [6.45, 7) is 6.90. The van der Waals surface area contributed by atoms with Crippen LogP contribution in [-0.4, -0.2) is 44.2 Å². The van der Waals surface area contributed by atoms with Gasteiger partial charge in [0.25, 0.3) is 5.91 Å². The second kappa shape index (κ2) is 11.7. The summed E-state index contributed by atoms with van der Waals surface area (Å²) in [6, 6.07) is 14.9. The normalized spacial score (nSPS) is 10.9. The molecule has 0 saturated carbocycles. The van der Waals surface area contributed by atoms with Crippen LogP contribution in [0, 0.1) is 6.92 Å². The molecule has 0 heterocycles. The molecular weight excluding hydrogens is 488 g/mol. The van der Waals surface area contributed by atoms with Crippen LogP contribution in [0.25, 0.3) is 11.1 Å². The van der Waals surface area contributed by atoms with Gasteiger partial charge in [-0.05, 0) is 81.3 Å². The number of hydrogen-bond donors (Lipinski definition) is 2. The van der Waals surface area contributed by atoms with E-state index < -0.39 is 23.4 Å². The van der Waals surface area contributed by atoms with Gasteiger partial charge in [0.15, 0.2) is 18.1 Å². The van der Waals surface area contributed by atoms with E-state index in [0.717, 1.165) is 5.56 Å². The summed E-state index contributed by atoms with van der Waals surface area (Å²) in [4.78, 5) is 37.2. The van der Waals surface area contributed by atoms with E-state index in [0.29, 0.717) is 39.6 Å². The highest BCUT2D eigenvalue weighted by Gasteiger charge is 2.22. The van der Waals surface area contributed by atoms with Crippen molar-refractivity contribution in [1.29, 1.82) is 0 Å². The van der Waals surface area contributed by atoms with Gasteiger partial charge in [0.2, 0.25) is 5.91 Å². The fraction of sp³-hybridized carbons (Fsp3) is 0.276. The van der Waals surface area contributed by atoms with E-state index in [2.05, 4.69) is 5.32 Å². The van der Waals surface area contributed by atoms with Crippen molar-refractivity contribution in [1.82, 2.24) is 0 Å². The maximum absolute atomic E-state index is 13.0. The number of esters is 1. The van der Waals surface area contributed by atoms with Crippen LogP contribution in [0.5, 0.6) is 17.2 Å². The Hall–Kier alpha value is -4.53. The molecule has 200 valence electrons. The average Bonchev–Trinajstić information content (AvgIpc) is 2.86. The molecule has 38 heavy (non-hydrogen) atoms. The number of carbonyl (C=O) groups excluding carboxylic acids is 3. The van der Waals surface area contributed by atoms with Crippen LogP contribution in [0.2, 0.25) is 0 Å². The van der Waals surface area contributed by atoms with Crippen molar-refractivity contribution in [2.24, 2.45) is 5.73 Å². The van der Waals surface area contributed by atoms with Gasteiger partial charge in [-0.25, -0.2) is 4.79 Å². The van der Waals surface area contributed by atoms with E-state index in [9.17, 15) is 14.4 Å². The summed E-state index contributed by atoms with van der Waals surface area (Å²) >= 11 is 0. The number of rotatable bonds is 9. The molecule has 0 bridgehead atoms. The van der Waals surface area contributed by atoms with E-state index in [1.807, 2.05) is 13.0 Å². The molecular formula is C29H32N2O7. The third kappa shape index (κ3) is 6.82. The van der Waals surface area contributed by atoms with E-state index in [4.69, 9.17) is 24.7 Å². The van der Waals surface area contributed by atoms with Crippen molar-refractivity contribution in [3.8, 4) is 28.4 Å². The Labute approximate surface area is 221 Å². The van der Waals surface area contributed by atoms with Crippen molar-refractivity contribution in [2.45, 2.75) is 33.3 Å². The number of carbonyl (C=O) groups is 3. The summed E-state index contributed by atoms with van der Waals surface area (Å²) in [5.74, 6) is -0.397. The van der Waals surface area contributed by atoms with Crippen LogP contribution in [0.4, 0.5) is 5.69 Å². The standard InChI is InChI=1S/C29H32N2O7/c1-17-10-11-19(15-22(17)25-21(27(30)33)12-13-23(35-5)26(25)36-6)31-28(34)18-8-7-9-20(14-18)37-16-24(32)38-29(2,3)4/h7-15H,16H2,1-6H3,(H2,30,33)(H,31,34). The molecule has 3 aromatic rings. The molecule has 0 atom stereocenters. The Morgan fingerprint density at radius 1 is 0.947 bits per heavy atom. The van der Waals surface area contributed by atoms with Crippen molar-refractivity contribution in [3.05, 3.63) is 71.3 Å². The summed E-state index contributed by atoms with van der Waals surface area (Å²) in [5, 5.41) is 2.86. The minimum absolute atomic E-state index is 0.254. The number of ether oxygens (including phenoxy) is 4. The predicted molar refractivity (Wildman–Crippen MR) is 144 cm³/mol. The summed E-state index contributed by atoms with van der Waals surface area (Å²) < 4.78 is 21.7. The second-order valence-electron chi connectivity index (χ2n) is 9.47. The number of amides is 2. The predicted octanol–water partition coefficient (Wildman–Crippen LogP) is 4.75. The molecule has 0 saturated heterocycles. The molecule has 3 aromatic carbocycles. The van der Waals surface area contributed by atoms with Gasteiger partial charge in [-0.15, -0.1) is 0 Å². The van der Waals surface area contributed by atoms with Gasteiger partial charge in [0, 0.05) is 16.8 Å². The minimum Gasteiger partial charge on any atom is -0.493 e. The van der Waals surface area contributed by atoms with Gasteiger partial charge in [-0.2, -0.15) is 0 Å². The number of hydrogen-bond acceptors (Lipinski definition) is 7. The number of nitrogens with one attached hydrogen (secondary N) is 1. The second-order valence-corrected chi connectivity index (χ2v) is 9.47. The zero-order valence-corrected chi connectivity index (χ0v) is 22.3. The third-order valence-corrected chi connectivity index (χ3v) is 5.45. The van der Waals surface area contributed by atoms with Crippen LogP contribution in [0.1, 0.15) is 47.1 Å². The van der Waals surface area contributed by atoms with Crippen LogP contribution >= 0.6 is 0 Å². The van der Waals surface area contributed by atoms with Gasteiger partial charge in [0.1, 0.15) is 11.4 Å². The molecule has 0 aliphatic carbocycles. The number of nitrogens with two attached hydrogens (primary N) is 1. The zero-order chi connectivity index (χ0) is 28.0. The zero-order valence-electron chi connectivity index (χ0n) is 22.3. The fourth-order valence-electron chi connectivity index (χ4n) is 3.81. The van der Waals surface area contributed by atoms with E-state index in [-0.39, 0.29) is 12.2 Å². The van der Waals surface area contributed by atoms with E-state index in [1.54, 1.807) is 63.2 Å². The summed E-state index contributed by atoms with van der Waals surface area (Å²) in [7, 11) is 2.98. The third-order valence-electron chi connectivity index (χ3n) is 5.45. The molecule has 9 nitrogen and oxygen atoms in total. The van der Waals surface area contributed by atoms with Crippen LogP contribution in [0.3, 0.4) is 0 Å². The number of anilines is 1. The smallest absolute Gasteiger partial charge is 0.344 e. The largest absolute Gasteiger partial charge is 0.493 e. The Balaban J connectivity index is 1.87. The average molecular weight is 521 g/mol. The Morgan fingerprint density at radius 3 is 2.32 bits per heavy atom. The fourth-order valence-corrected chi connectivity index (χ4v) is 3.81. The lowest BCUT2D eigenvalue weighted by molar-refractivity contribution is -0.157. The summed E-state index contributed by atoms with van der Waals surface area (Å²) in [5.41, 5.74) is 8.02. The monoisotopic (exact) mass is 520 g/mol. The quantitative estimate of drug-likeness (QED) is 0.390. The maximum Gasteiger partial charge on any atom is 0.344 e. The Bertz CT molecular complexity index is 1360. The molecule has 0 aromatic heterocycles. The molecule has 3 N–H and O–H groups in total. The highest BCUT2D eigenvalue weighted by molar-refractivity contribution is 6.06. The SMILES string of the molecule is COc1ccc(C(N)=O)c(-c2cc(NC(=O)c3cccc(OCC(=O)OC(C)(C)C)c3)ccc2C)c1OC. The van der Waals surface area contributed by atoms with Crippen molar-refractivity contribution < 1.29 is 33.3 Å². The Kier molecular flexibility index (Phi) is 8.62. The lowest BCUT2D eigenvalue weighted by atomic mass is 9.93. The molecule has 0 unspecified atom stereocenters. The molecule has 0 radical (unpaired) electrons. The maximum atomic E-state index is 13.0. The molecule has 0 spiro atoms. The highest BCUT2D eigenvalue weighted by atomic mass is 16.6. The van der Waals surface area contributed by atoms with Crippen LogP contribution in [-0.2, 0) is 9.53 Å². The number of methoxy groups -OCH3 is 2. The highest BCUT2D eigenvalue weighted by Crippen LogP contribution is 2.42. The first-order chi connectivity index (χ1) is 17.9. The minimum atomic E-state index is -0.627. The van der Waals surface area contributed by atoms with Crippen molar-refractivity contribution >= 4 is 23.5 Å². The van der Waals surface area contributed by atoms with Crippen LogP contribution in [0.15, 0.2) is 54.6 Å². The number of benzene rings is 3. The molecule has 3 rings (SSSR count). The Morgan fingerprint density at radius 2 is 1.68 bits per heavy atom. The molecule has 0 aliphatic heterocycles. The van der Waals surface area contributed by atoms with Crippen molar-refractivity contribution in [3.63, 3.8) is 0 Å². The first kappa shape index (κ1) is 28.0. The summed E-state index contributed by atoms with van der Waals surface area (Å²) in [6.07, 6.45) is 0. The van der Waals surface area contributed by atoms with Gasteiger partial charge in [-0.3, -0.25) is 9.59 Å². The molecule has 0 aliphatic rings. The molecule has 9 heteroatoms. The number of aryl methyl sites for hydroxylation is 1. The topological polar surface area (TPSA) is 126 Å². The van der Waals surface area contributed by atoms with Crippen molar-refractivity contribution in [2.75, 3.05) is 26.1 Å². The van der Waals surface area contributed by atoms with E-state index >= 15 is 0 Å². The molecule has 0 fully saturated rings. The number of primary amides is 1. The van der Waals surface area contributed by atoms with Gasteiger partial charge >= 0.3 is 5.97 Å². The molecule has 2 amide bonds. The lowest BCUT2D eigenvalue weighted by Gasteiger charge is -2.19. The van der Waals surface area contributed by atoms with Crippen LogP contribution < -0.4 is 25.3 Å². The lowest BCUT2D eigenvalue weighted by Crippen LogP contribution is -2.27. The van der Waals surface area contributed by atoms with Gasteiger partial charge in [-0.1, -0.05) is 12.1 Å².